The van der Waals surface area contributed by atoms with Crippen LogP contribution in [0.5, 0.6) is 0 Å². The molecule has 1 aromatic carbocycles. The van der Waals surface area contributed by atoms with Crippen molar-refractivity contribution < 1.29 is 18.3 Å². The largest absolute Gasteiger partial charge is 0.399 e. The number of hydrogen-bond donors (Lipinski definition) is 2. The highest BCUT2D eigenvalue weighted by Crippen LogP contribution is 2.25. The molecule has 21 heavy (non-hydrogen) atoms. The van der Waals surface area contributed by atoms with Gasteiger partial charge in [0.1, 0.15) is 0 Å². The van der Waals surface area contributed by atoms with E-state index in [2.05, 4.69) is 15.9 Å². The molecule has 1 heterocycles. The fourth-order valence-corrected chi connectivity index (χ4v) is 4.59. The molecule has 0 bridgehead atoms. The number of nitrogen functional groups attached to an aromatic ring is 1. The van der Waals surface area contributed by atoms with Gasteiger partial charge in [-0.1, -0.05) is 0 Å². The molecule has 0 radical (unpaired) electrons. The number of aliphatic hydroxyl groups is 1. The van der Waals surface area contributed by atoms with Crippen LogP contribution < -0.4 is 5.73 Å². The molecule has 1 aromatic rings. The zero-order valence-electron chi connectivity index (χ0n) is 11.3. The van der Waals surface area contributed by atoms with Gasteiger partial charge in [-0.05, 0) is 40.5 Å². The van der Waals surface area contributed by atoms with Gasteiger partial charge in [0.05, 0.1) is 23.7 Å². The molecule has 8 heteroatoms. The molecule has 116 valence electrons. The predicted octanol–water partition coefficient (Wildman–Crippen LogP) is 0.653. The van der Waals surface area contributed by atoms with Crippen molar-refractivity contribution in [2.45, 2.75) is 12.5 Å². The van der Waals surface area contributed by atoms with Gasteiger partial charge in [-0.3, -0.25) is 4.79 Å². The monoisotopic (exact) mass is 376 g/mol. The minimum absolute atomic E-state index is 0.0569. The first-order valence-corrected chi connectivity index (χ1v) is 9.13. The second-order valence-electron chi connectivity index (χ2n) is 5.02. The number of nitrogens with two attached hydrogens (primary N) is 1. The van der Waals surface area contributed by atoms with E-state index in [9.17, 15) is 13.2 Å². The van der Waals surface area contributed by atoms with Crippen LogP contribution in [0.4, 0.5) is 5.69 Å². The van der Waals surface area contributed by atoms with E-state index in [1.54, 1.807) is 18.2 Å². The average Bonchev–Trinajstić information content (AvgIpc) is 2.78. The highest BCUT2D eigenvalue weighted by atomic mass is 79.9. The molecule has 1 aliphatic heterocycles. The molecular formula is C13H17BrN2O4S. The molecular weight excluding hydrogens is 360 g/mol. The first-order valence-electron chi connectivity index (χ1n) is 6.51. The molecule has 1 aliphatic rings. The zero-order chi connectivity index (χ0) is 15.6. The van der Waals surface area contributed by atoms with Crippen molar-refractivity contribution >= 4 is 37.4 Å². The third kappa shape index (κ3) is 3.75. The Morgan fingerprint density at radius 1 is 1.48 bits per heavy atom. The summed E-state index contributed by atoms with van der Waals surface area (Å²) in [6, 6.07) is 4.48. The number of benzene rings is 1. The van der Waals surface area contributed by atoms with Crippen molar-refractivity contribution in [3.05, 3.63) is 28.2 Å². The van der Waals surface area contributed by atoms with Gasteiger partial charge in [-0.15, -0.1) is 0 Å². The number of amides is 1. The fourth-order valence-electron chi connectivity index (χ4n) is 2.44. The Balaban J connectivity index is 2.30. The Bertz CT molecular complexity index is 648. The summed E-state index contributed by atoms with van der Waals surface area (Å²) in [7, 11) is -3.10. The van der Waals surface area contributed by atoms with Crippen molar-refractivity contribution in [3.63, 3.8) is 0 Å². The Labute approximate surface area is 132 Å². The van der Waals surface area contributed by atoms with Gasteiger partial charge in [-0.25, -0.2) is 8.42 Å². The highest BCUT2D eigenvalue weighted by molar-refractivity contribution is 9.10. The molecule has 1 saturated heterocycles. The minimum atomic E-state index is -3.10. The van der Waals surface area contributed by atoms with E-state index in [1.165, 1.54) is 4.90 Å². The summed E-state index contributed by atoms with van der Waals surface area (Å²) in [5, 5.41) is 9.17. The lowest BCUT2D eigenvalue weighted by molar-refractivity contribution is 0.0654. The molecule has 0 saturated carbocycles. The van der Waals surface area contributed by atoms with E-state index in [0.29, 0.717) is 22.1 Å². The second kappa shape index (κ2) is 6.33. The van der Waals surface area contributed by atoms with Gasteiger partial charge in [0, 0.05) is 22.7 Å². The van der Waals surface area contributed by atoms with Gasteiger partial charge in [0.25, 0.3) is 5.91 Å². The van der Waals surface area contributed by atoms with Crippen LogP contribution in [0.15, 0.2) is 22.7 Å². The Kier molecular flexibility index (Phi) is 4.90. The van der Waals surface area contributed by atoms with Gasteiger partial charge < -0.3 is 15.7 Å². The van der Waals surface area contributed by atoms with Gasteiger partial charge >= 0.3 is 0 Å². The van der Waals surface area contributed by atoms with Gasteiger partial charge in [0.2, 0.25) is 0 Å². The average molecular weight is 377 g/mol. The summed E-state index contributed by atoms with van der Waals surface area (Å²) >= 11 is 3.30. The standard InChI is InChI=1S/C13H17BrN2O4S/c14-12-2-1-9(15)7-11(12)13(18)16(4-5-17)10-3-6-21(19,20)8-10/h1-2,7,10,17H,3-6,8,15H2. The third-order valence-electron chi connectivity index (χ3n) is 3.47. The van der Waals surface area contributed by atoms with Crippen molar-refractivity contribution in [2.24, 2.45) is 0 Å². The van der Waals surface area contributed by atoms with E-state index in [-0.39, 0.29) is 30.6 Å². The Morgan fingerprint density at radius 2 is 2.19 bits per heavy atom. The van der Waals surface area contributed by atoms with Crippen molar-refractivity contribution in [1.82, 2.24) is 4.90 Å². The number of sulfone groups is 1. The summed E-state index contributed by atoms with van der Waals surface area (Å²) in [5.41, 5.74) is 6.52. The van der Waals surface area contributed by atoms with E-state index in [0.717, 1.165) is 0 Å². The summed E-state index contributed by atoms with van der Waals surface area (Å²) in [6.45, 7) is -0.123. The van der Waals surface area contributed by atoms with E-state index in [4.69, 9.17) is 10.8 Å². The zero-order valence-corrected chi connectivity index (χ0v) is 13.7. The number of rotatable bonds is 4. The number of hydrogen-bond acceptors (Lipinski definition) is 5. The van der Waals surface area contributed by atoms with Crippen LogP contribution >= 0.6 is 15.9 Å². The first-order chi connectivity index (χ1) is 9.84. The van der Waals surface area contributed by atoms with Crippen molar-refractivity contribution in [1.29, 1.82) is 0 Å². The van der Waals surface area contributed by atoms with Crippen LogP contribution in [-0.4, -0.2) is 55.0 Å². The summed E-state index contributed by atoms with van der Waals surface area (Å²) in [6.07, 6.45) is 0.397. The molecule has 1 amide bonds. The molecule has 0 aliphatic carbocycles. The second-order valence-corrected chi connectivity index (χ2v) is 8.10. The van der Waals surface area contributed by atoms with Crippen LogP contribution in [0.3, 0.4) is 0 Å². The Hall–Kier alpha value is -1.12. The topological polar surface area (TPSA) is 101 Å². The molecule has 0 aromatic heterocycles. The smallest absolute Gasteiger partial charge is 0.255 e. The molecule has 1 unspecified atom stereocenters. The summed E-state index contributed by atoms with van der Waals surface area (Å²) in [5.74, 6) is -0.311. The molecule has 0 spiro atoms. The highest BCUT2D eigenvalue weighted by Gasteiger charge is 2.35. The first kappa shape index (κ1) is 16.3. The molecule has 6 nitrogen and oxygen atoms in total. The Morgan fingerprint density at radius 3 is 2.76 bits per heavy atom. The maximum atomic E-state index is 12.6. The maximum absolute atomic E-state index is 12.6. The fraction of sp³-hybridized carbons (Fsp3) is 0.462. The number of halogens is 1. The van der Waals surface area contributed by atoms with E-state index < -0.39 is 15.9 Å². The van der Waals surface area contributed by atoms with Crippen molar-refractivity contribution in [3.8, 4) is 0 Å². The lowest BCUT2D eigenvalue weighted by atomic mass is 10.1. The SMILES string of the molecule is Nc1ccc(Br)c(C(=O)N(CCO)C2CCS(=O)(=O)C2)c1. The van der Waals surface area contributed by atoms with Gasteiger partial charge in [0.15, 0.2) is 9.84 Å². The molecule has 2 rings (SSSR count). The summed E-state index contributed by atoms with van der Waals surface area (Å²) in [4.78, 5) is 14.1. The van der Waals surface area contributed by atoms with Crippen LogP contribution in [0.1, 0.15) is 16.8 Å². The molecule has 1 fully saturated rings. The predicted molar refractivity (Wildman–Crippen MR) is 83.7 cm³/mol. The quantitative estimate of drug-likeness (QED) is 0.751. The number of carbonyl (C=O) groups excluding carboxylic acids is 1. The normalized spacial score (nSPS) is 20.4. The van der Waals surface area contributed by atoms with Gasteiger partial charge in [-0.2, -0.15) is 0 Å². The third-order valence-corrected chi connectivity index (χ3v) is 5.91. The van der Waals surface area contributed by atoms with E-state index in [1.807, 2.05) is 0 Å². The van der Waals surface area contributed by atoms with Crippen LogP contribution in [0.25, 0.3) is 0 Å². The molecule has 1 atom stereocenters. The maximum Gasteiger partial charge on any atom is 0.255 e. The summed E-state index contributed by atoms with van der Waals surface area (Å²) < 4.78 is 23.8. The lowest BCUT2D eigenvalue weighted by Crippen LogP contribution is -2.43. The van der Waals surface area contributed by atoms with Crippen LogP contribution in [0.2, 0.25) is 0 Å². The van der Waals surface area contributed by atoms with Crippen LogP contribution in [0, 0.1) is 0 Å². The minimum Gasteiger partial charge on any atom is -0.399 e. The van der Waals surface area contributed by atoms with Crippen LogP contribution in [-0.2, 0) is 9.84 Å². The van der Waals surface area contributed by atoms with Crippen molar-refractivity contribution in [2.75, 3.05) is 30.4 Å². The molecule has 3 N–H and O–H groups in total. The lowest BCUT2D eigenvalue weighted by Gasteiger charge is -2.28. The number of aliphatic hydroxyl groups excluding tert-OH is 1. The van der Waals surface area contributed by atoms with E-state index >= 15 is 0 Å². The number of carbonyl (C=O) groups is 1. The number of anilines is 1. The number of nitrogens with zero attached hydrogens (tertiary/aromatic N) is 1.